The van der Waals surface area contributed by atoms with E-state index in [2.05, 4.69) is 0 Å². The van der Waals surface area contributed by atoms with Gasteiger partial charge in [0.2, 0.25) is 0 Å². The maximum atomic E-state index is 5.91. The highest BCUT2D eigenvalue weighted by atomic mass is 35.5. The first-order valence-corrected chi connectivity index (χ1v) is 5.83. The van der Waals surface area contributed by atoms with Crippen molar-refractivity contribution in [1.29, 1.82) is 0 Å². The van der Waals surface area contributed by atoms with E-state index in [-0.39, 0.29) is 0 Å². The van der Waals surface area contributed by atoms with Crippen molar-refractivity contribution in [2.24, 2.45) is 5.73 Å². The molecule has 1 rings (SSSR count). The molecule has 2 unspecified atom stereocenters. The van der Waals surface area contributed by atoms with Crippen LogP contribution in [0.15, 0.2) is 0 Å². The molecule has 0 aromatic heterocycles. The molecule has 1 fully saturated rings. The van der Waals surface area contributed by atoms with Gasteiger partial charge >= 0.3 is 0 Å². The molecule has 2 N–H and O–H groups in total. The van der Waals surface area contributed by atoms with E-state index in [1.54, 1.807) is 0 Å². The van der Waals surface area contributed by atoms with Crippen LogP contribution >= 0.6 is 69.6 Å². The number of alkyl halides is 6. The van der Waals surface area contributed by atoms with Crippen LogP contribution in [-0.4, -0.2) is 19.0 Å². The first-order valence-electron chi connectivity index (χ1n) is 3.50. The predicted octanol–water partition coefficient (Wildman–Crippen LogP) is 3.63. The smallest absolute Gasteiger partial charge is 0.183 e. The fraction of sp³-hybridized carbons (Fsp3) is 1.00. The summed E-state index contributed by atoms with van der Waals surface area (Å²) >= 11 is 35.4. The summed E-state index contributed by atoms with van der Waals surface area (Å²) in [5, 5.41) is -0.568. The SMILES string of the molecule is NC1(Cl)CCC(Cl)C(Cl)(Cl)C1(Cl)Cl. The Morgan fingerprint density at radius 1 is 1.08 bits per heavy atom. The van der Waals surface area contributed by atoms with Crippen LogP contribution in [-0.2, 0) is 0 Å². The summed E-state index contributed by atoms with van der Waals surface area (Å²) in [6.07, 6.45) is 0.826. The molecule has 7 heteroatoms. The summed E-state index contributed by atoms with van der Waals surface area (Å²) in [4.78, 5) is -1.36. The maximum Gasteiger partial charge on any atom is 0.183 e. The number of nitrogens with two attached hydrogens (primary N) is 1. The fourth-order valence-electron chi connectivity index (χ4n) is 1.15. The third-order valence-corrected chi connectivity index (χ3v) is 6.28. The molecule has 0 aromatic carbocycles. The highest BCUT2D eigenvalue weighted by Crippen LogP contribution is 2.58. The molecule has 1 aliphatic rings. The van der Waals surface area contributed by atoms with E-state index in [1.165, 1.54) is 0 Å². The van der Waals surface area contributed by atoms with Gasteiger partial charge in [-0.3, -0.25) is 0 Å². The summed E-state index contributed by atoms with van der Waals surface area (Å²) in [7, 11) is 0. The predicted molar refractivity (Wildman–Crippen MR) is 60.5 cm³/mol. The van der Waals surface area contributed by atoms with Gasteiger partial charge in [-0.2, -0.15) is 0 Å². The highest BCUT2D eigenvalue weighted by Gasteiger charge is 2.64. The van der Waals surface area contributed by atoms with Crippen molar-refractivity contribution < 1.29 is 0 Å². The number of rotatable bonds is 0. The van der Waals surface area contributed by atoms with Crippen molar-refractivity contribution in [3.05, 3.63) is 0 Å². The maximum absolute atomic E-state index is 5.91. The van der Waals surface area contributed by atoms with Gasteiger partial charge in [-0.05, 0) is 12.8 Å². The summed E-state index contributed by atoms with van der Waals surface area (Å²) in [6, 6.07) is 0. The topological polar surface area (TPSA) is 26.0 Å². The van der Waals surface area contributed by atoms with Crippen LogP contribution in [0.4, 0.5) is 0 Å². The molecule has 1 nitrogen and oxygen atoms in total. The zero-order valence-corrected chi connectivity index (χ0v) is 10.9. The van der Waals surface area contributed by atoms with E-state index in [0.717, 1.165) is 0 Å². The van der Waals surface area contributed by atoms with E-state index in [0.29, 0.717) is 12.8 Å². The third kappa shape index (κ3) is 1.87. The Bertz CT molecular complexity index is 213. The molecule has 1 aliphatic carbocycles. The Labute approximate surface area is 107 Å². The molecule has 2 atom stereocenters. The molecule has 13 heavy (non-hydrogen) atoms. The lowest BCUT2D eigenvalue weighted by atomic mass is 9.93. The molecular weight excluding hydrogens is 299 g/mol. The van der Waals surface area contributed by atoms with Crippen molar-refractivity contribution in [3.8, 4) is 0 Å². The normalized spacial score (nSPS) is 43.2. The number of halogens is 6. The molecule has 0 heterocycles. The Hall–Kier alpha value is 1.70. The van der Waals surface area contributed by atoms with E-state index >= 15 is 0 Å². The summed E-state index contributed by atoms with van der Waals surface area (Å²) in [5.41, 5.74) is 5.67. The second-order valence-electron chi connectivity index (χ2n) is 3.07. The van der Waals surface area contributed by atoms with Gasteiger partial charge in [0.1, 0.15) is 5.00 Å². The van der Waals surface area contributed by atoms with Crippen LogP contribution in [0.5, 0.6) is 0 Å². The second kappa shape index (κ2) is 3.62. The summed E-state index contributed by atoms with van der Waals surface area (Å²) in [6.45, 7) is 0. The van der Waals surface area contributed by atoms with Crippen molar-refractivity contribution in [1.82, 2.24) is 0 Å². The Morgan fingerprint density at radius 2 is 1.54 bits per heavy atom. The largest absolute Gasteiger partial charge is 0.310 e. The molecule has 78 valence electrons. The van der Waals surface area contributed by atoms with Gasteiger partial charge in [-0.15, -0.1) is 11.6 Å². The molecule has 0 saturated heterocycles. The lowest BCUT2D eigenvalue weighted by molar-refractivity contribution is 0.363. The highest BCUT2D eigenvalue weighted by molar-refractivity contribution is 6.67. The molecule has 0 radical (unpaired) electrons. The van der Waals surface area contributed by atoms with Gasteiger partial charge < -0.3 is 5.73 Å². The Kier molecular flexibility index (Phi) is 3.56. The van der Waals surface area contributed by atoms with Crippen LogP contribution in [0.25, 0.3) is 0 Å². The third-order valence-electron chi connectivity index (χ3n) is 2.10. The monoisotopic (exact) mass is 303 g/mol. The summed E-state index contributed by atoms with van der Waals surface area (Å²) in [5.74, 6) is 0. The van der Waals surface area contributed by atoms with Crippen molar-refractivity contribution in [2.75, 3.05) is 0 Å². The van der Waals surface area contributed by atoms with Crippen LogP contribution in [0.2, 0.25) is 0 Å². The summed E-state index contributed by atoms with van der Waals surface area (Å²) < 4.78 is -3.22. The standard InChI is InChI=1S/C6H7Cl6N/c7-3-1-2-4(8,13)6(11,12)5(3,9)10/h3H,1-2,13H2. The van der Waals surface area contributed by atoms with Crippen molar-refractivity contribution in [3.63, 3.8) is 0 Å². The fourth-order valence-corrected chi connectivity index (χ4v) is 2.90. The molecular formula is C6H7Cl6N. The number of hydrogen-bond donors (Lipinski definition) is 1. The minimum Gasteiger partial charge on any atom is -0.310 e. The average Bonchev–Trinajstić information content (AvgIpc) is 1.97. The van der Waals surface area contributed by atoms with E-state index < -0.39 is 19.0 Å². The van der Waals surface area contributed by atoms with Crippen LogP contribution in [0, 0.1) is 0 Å². The Morgan fingerprint density at radius 3 is 1.92 bits per heavy atom. The van der Waals surface area contributed by atoms with Gasteiger partial charge in [-0.25, -0.2) is 0 Å². The van der Waals surface area contributed by atoms with Crippen molar-refractivity contribution in [2.45, 2.75) is 31.9 Å². The zero-order chi connectivity index (χ0) is 10.5. The lowest BCUT2D eigenvalue weighted by Crippen LogP contribution is -2.64. The van der Waals surface area contributed by atoms with Gasteiger partial charge in [-0.1, -0.05) is 58.0 Å². The Balaban J connectivity index is 3.07. The molecule has 1 saturated carbocycles. The van der Waals surface area contributed by atoms with Gasteiger partial charge in [0.15, 0.2) is 8.67 Å². The van der Waals surface area contributed by atoms with Gasteiger partial charge in [0.05, 0.1) is 5.38 Å². The molecule has 0 amide bonds. The van der Waals surface area contributed by atoms with E-state index in [9.17, 15) is 0 Å². The first kappa shape index (κ1) is 12.8. The van der Waals surface area contributed by atoms with Crippen LogP contribution in [0.3, 0.4) is 0 Å². The number of hydrogen-bond acceptors (Lipinski definition) is 1. The minimum atomic E-state index is -1.67. The zero-order valence-electron chi connectivity index (χ0n) is 6.34. The molecule has 0 aliphatic heterocycles. The van der Waals surface area contributed by atoms with E-state index in [4.69, 9.17) is 75.3 Å². The van der Waals surface area contributed by atoms with E-state index in [1.807, 2.05) is 0 Å². The molecule has 0 spiro atoms. The lowest BCUT2D eigenvalue weighted by Gasteiger charge is -2.48. The van der Waals surface area contributed by atoms with Gasteiger partial charge in [0, 0.05) is 0 Å². The molecule has 0 bridgehead atoms. The van der Waals surface area contributed by atoms with Gasteiger partial charge in [0.25, 0.3) is 0 Å². The first-order chi connectivity index (χ1) is 5.63. The second-order valence-corrected chi connectivity index (χ2v) is 6.98. The van der Waals surface area contributed by atoms with Crippen molar-refractivity contribution >= 4 is 69.6 Å². The quantitative estimate of drug-likeness (QED) is 0.537. The minimum absolute atomic E-state index is 0.358. The molecule has 0 aromatic rings. The average molecular weight is 306 g/mol. The van der Waals surface area contributed by atoms with Crippen LogP contribution < -0.4 is 5.73 Å². The van der Waals surface area contributed by atoms with Crippen LogP contribution in [0.1, 0.15) is 12.8 Å².